The molecule has 0 saturated carbocycles. The van der Waals surface area contributed by atoms with E-state index in [1.807, 2.05) is 19.1 Å². The van der Waals surface area contributed by atoms with E-state index in [2.05, 4.69) is 36.7 Å². The number of benzene rings is 1. The van der Waals surface area contributed by atoms with Crippen molar-refractivity contribution in [3.8, 4) is 0 Å². The third-order valence-electron chi connectivity index (χ3n) is 2.18. The molecule has 0 aliphatic heterocycles. The molecule has 0 aliphatic carbocycles. The fraction of sp³-hybridized carbons (Fsp3) is 0.273. The van der Waals surface area contributed by atoms with Gasteiger partial charge in [0.15, 0.2) is 0 Å². The lowest BCUT2D eigenvalue weighted by atomic mass is 10.1. The molecule has 0 bridgehead atoms. The molecule has 1 rings (SSSR count). The van der Waals surface area contributed by atoms with Gasteiger partial charge in [0.25, 0.3) is 0 Å². The first-order valence-electron chi connectivity index (χ1n) is 4.65. The number of allylic oxidation sites excluding steroid dienone is 1. The molecule has 0 saturated heterocycles. The number of hydrogen-bond donors (Lipinski definition) is 3. The predicted molar refractivity (Wildman–Crippen MR) is 60.6 cm³/mol. The highest BCUT2D eigenvalue weighted by Gasteiger charge is 2.01. The van der Waals surface area contributed by atoms with Crippen LogP contribution >= 0.6 is 0 Å². The van der Waals surface area contributed by atoms with E-state index in [0.717, 1.165) is 11.5 Å². The van der Waals surface area contributed by atoms with Gasteiger partial charge in [0, 0.05) is 5.69 Å². The number of nitrogens with one attached hydrogen (secondary N) is 2. The Hall–Kier alpha value is -1.48. The van der Waals surface area contributed by atoms with Gasteiger partial charge in [-0.1, -0.05) is 18.2 Å². The van der Waals surface area contributed by atoms with Crippen molar-refractivity contribution in [2.45, 2.75) is 20.8 Å². The second kappa shape index (κ2) is 4.67. The molecule has 14 heavy (non-hydrogen) atoms. The van der Waals surface area contributed by atoms with Crippen molar-refractivity contribution in [2.24, 2.45) is 5.84 Å². The largest absolute Gasteiger partial charge is 0.341 e. The smallest absolute Gasteiger partial charge is 0.113 e. The first-order chi connectivity index (χ1) is 6.69. The maximum atomic E-state index is 5.35. The van der Waals surface area contributed by atoms with E-state index in [1.165, 1.54) is 11.1 Å². The molecule has 0 spiro atoms. The van der Waals surface area contributed by atoms with Crippen molar-refractivity contribution >= 4 is 5.69 Å². The lowest BCUT2D eigenvalue weighted by Crippen LogP contribution is -2.26. The van der Waals surface area contributed by atoms with Crippen molar-refractivity contribution in [1.29, 1.82) is 0 Å². The van der Waals surface area contributed by atoms with E-state index >= 15 is 0 Å². The number of anilines is 1. The summed E-state index contributed by atoms with van der Waals surface area (Å²) in [5, 5.41) is 3.24. The molecular weight excluding hydrogens is 174 g/mol. The summed E-state index contributed by atoms with van der Waals surface area (Å²) >= 11 is 0. The fourth-order valence-corrected chi connectivity index (χ4v) is 1.34. The van der Waals surface area contributed by atoms with Gasteiger partial charge in [-0.25, -0.2) is 5.84 Å². The van der Waals surface area contributed by atoms with E-state index in [4.69, 9.17) is 5.84 Å². The van der Waals surface area contributed by atoms with Crippen LogP contribution in [0, 0.1) is 13.8 Å². The van der Waals surface area contributed by atoms with Gasteiger partial charge in [0.2, 0.25) is 0 Å². The zero-order valence-electron chi connectivity index (χ0n) is 8.89. The van der Waals surface area contributed by atoms with Gasteiger partial charge in [0.1, 0.15) is 5.82 Å². The summed E-state index contributed by atoms with van der Waals surface area (Å²) in [7, 11) is 0. The molecule has 0 aromatic heterocycles. The number of hydrazine groups is 1. The Morgan fingerprint density at radius 2 is 1.86 bits per heavy atom. The summed E-state index contributed by atoms with van der Waals surface area (Å²) in [6.07, 6.45) is 1.89. The van der Waals surface area contributed by atoms with Crippen LogP contribution < -0.4 is 16.6 Å². The molecule has 3 nitrogen and oxygen atoms in total. The van der Waals surface area contributed by atoms with Gasteiger partial charge in [-0.15, -0.1) is 0 Å². The number of aryl methyl sites for hydroxylation is 2. The Morgan fingerprint density at radius 1 is 1.29 bits per heavy atom. The van der Waals surface area contributed by atoms with Crippen LogP contribution in [0.5, 0.6) is 0 Å². The normalized spacial score (nSPS) is 11.3. The molecule has 1 aromatic carbocycles. The average Bonchev–Trinajstić information content (AvgIpc) is 2.18. The lowest BCUT2D eigenvalue weighted by Gasteiger charge is -2.14. The van der Waals surface area contributed by atoms with Crippen LogP contribution in [-0.2, 0) is 0 Å². The van der Waals surface area contributed by atoms with E-state index < -0.39 is 0 Å². The zero-order chi connectivity index (χ0) is 10.6. The molecule has 0 heterocycles. The highest BCUT2D eigenvalue weighted by Crippen LogP contribution is 2.20. The van der Waals surface area contributed by atoms with Crippen molar-refractivity contribution in [3.63, 3.8) is 0 Å². The molecule has 1 aromatic rings. The Bertz CT molecular complexity index is 322. The highest BCUT2D eigenvalue weighted by atomic mass is 15.3. The minimum Gasteiger partial charge on any atom is -0.341 e. The molecule has 0 amide bonds. The molecule has 0 aliphatic rings. The van der Waals surface area contributed by atoms with Gasteiger partial charge in [-0.2, -0.15) is 0 Å². The molecule has 0 fully saturated rings. The average molecular weight is 191 g/mol. The minimum absolute atomic E-state index is 0.808. The second-order valence-corrected chi connectivity index (χ2v) is 3.24. The van der Waals surface area contributed by atoms with Gasteiger partial charge < -0.3 is 10.7 Å². The Labute approximate surface area is 85.0 Å². The first kappa shape index (κ1) is 10.6. The summed E-state index contributed by atoms with van der Waals surface area (Å²) in [5.41, 5.74) is 6.13. The number of hydrogen-bond acceptors (Lipinski definition) is 3. The fourth-order valence-electron chi connectivity index (χ4n) is 1.34. The monoisotopic (exact) mass is 191 g/mol. The Kier molecular flexibility index (Phi) is 3.54. The SMILES string of the molecule is C/C=C(/NN)Nc1c(C)cccc1C. The quantitative estimate of drug-likeness (QED) is 0.506. The molecule has 0 radical (unpaired) electrons. The van der Waals surface area contributed by atoms with Crippen LogP contribution in [0.2, 0.25) is 0 Å². The van der Waals surface area contributed by atoms with Crippen LogP contribution in [0.25, 0.3) is 0 Å². The van der Waals surface area contributed by atoms with Gasteiger partial charge >= 0.3 is 0 Å². The van der Waals surface area contributed by atoms with Crippen molar-refractivity contribution in [2.75, 3.05) is 5.32 Å². The van der Waals surface area contributed by atoms with E-state index in [-0.39, 0.29) is 0 Å². The van der Waals surface area contributed by atoms with Crippen molar-refractivity contribution in [1.82, 2.24) is 5.43 Å². The van der Waals surface area contributed by atoms with Gasteiger partial charge in [0.05, 0.1) is 0 Å². The number of para-hydroxylation sites is 1. The van der Waals surface area contributed by atoms with Crippen LogP contribution in [-0.4, -0.2) is 0 Å². The van der Waals surface area contributed by atoms with Gasteiger partial charge in [-0.05, 0) is 38.0 Å². The summed E-state index contributed by atoms with van der Waals surface area (Å²) in [4.78, 5) is 0. The zero-order valence-corrected chi connectivity index (χ0v) is 8.89. The standard InChI is InChI=1S/C11H17N3/c1-4-10(14-12)13-11-8(2)6-5-7-9(11)3/h4-7,13-14H,12H2,1-3H3/b10-4+. The highest BCUT2D eigenvalue weighted by molar-refractivity contribution is 5.59. The Morgan fingerprint density at radius 3 is 2.29 bits per heavy atom. The molecular formula is C11H17N3. The summed E-state index contributed by atoms with van der Waals surface area (Å²) in [5.74, 6) is 6.16. The third-order valence-corrected chi connectivity index (χ3v) is 2.18. The molecule has 3 heteroatoms. The lowest BCUT2D eigenvalue weighted by molar-refractivity contribution is 0.887. The van der Waals surface area contributed by atoms with Gasteiger partial charge in [-0.3, -0.25) is 0 Å². The summed E-state index contributed by atoms with van der Waals surface area (Å²) in [6.45, 7) is 6.06. The maximum absolute atomic E-state index is 5.35. The maximum Gasteiger partial charge on any atom is 0.113 e. The second-order valence-electron chi connectivity index (χ2n) is 3.24. The topological polar surface area (TPSA) is 50.1 Å². The molecule has 0 unspecified atom stereocenters. The summed E-state index contributed by atoms with van der Waals surface area (Å²) < 4.78 is 0. The first-order valence-corrected chi connectivity index (χ1v) is 4.65. The van der Waals surface area contributed by atoms with Crippen LogP contribution in [0.15, 0.2) is 30.1 Å². The molecule has 0 atom stereocenters. The van der Waals surface area contributed by atoms with Crippen LogP contribution in [0.4, 0.5) is 5.69 Å². The van der Waals surface area contributed by atoms with E-state index in [1.54, 1.807) is 0 Å². The van der Waals surface area contributed by atoms with Crippen LogP contribution in [0.1, 0.15) is 18.1 Å². The number of nitrogens with two attached hydrogens (primary N) is 1. The molecule has 4 N–H and O–H groups in total. The minimum atomic E-state index is 0.808. The predicted octanol–water partition coefficient (Wildman–Crippen LogP) is 2.04. The van der Waals surface area contributed by atoms with Crippen molar-refractivity contribution < 1.29 is 0 Å². The Balaban J connectivity index is 2.96. The van der Waals surface area contributed by atoms with E-state index in [0.29, 0.717) is 0 Å². The van der Waals surface area contributed by atoms with E-state index in [9.17, 15) is 0 Å². The van der Waals surface area contributed by atoms with Crippen molar-refractivity contribution in [3.05, 3.63) is 41.2 Å². The molecule has 76 valence electrons. The summed E-state index contributed by atoms with van der Waals surface area (Å²) in [6, 6.07) is 6.18. The third kappa shape index (κ3) is 2.26. The van der Waals surface area contributed by atoms with Crippen LogP contribution in [0.3, 0.4) is 0 Å². The number of rotatable bonds is 3.